The van der Waals surface area contributed by atoms with E-state index in [2.05, 4.69) is 15.5 Å². The van der Waals surface area contributed by atoms with Crippen molar-refractivity contribution in [2.75, 3.05) is 0 Å². The fourth-order valence-corrected chi connectivity index (χ4v) is 2.61. The molecule has 0 radical (unpaired) electrons. The van der Waals surface area contributed by atoms with Crippen LogP contribution in [0, 0.1) is 6.92 Å². The van der Waals surface area contributed by atoms with Crippen LogP contribution < -0.4 is 10.7 Å². The molecule has 0 aliphatic carbocycles. The SMILES string of the molecule is Cc1cc(=O)c(C(=O)NCc2cnn(C)c2)nn1-c1cccc(C(F)(F)F)c1. The molecular formula is C18H16F3N5O2. The lowest BCUT2D eigenvalue weighted by Gasteiger charge is -2.13. The van der Waals surface area contributed by atoms with Crippen LogP contribution >= 0.6 is 0 Å². The molecule has 0 atom stereocenters. The van der Waals surface area contributed by atoms with Gasteiger partial charge >= 0.3 is 6.18 Å². The fourth-order valence-electron chi connectivity index (χ4n) is 2.61. The lowest BCUT2D eigenvalue weighted by molar-refractivity contribution is -0.137. The van der Waals surface area contributed by atoms with E-state index in [9.17, 15) is 22.8 Å². The summed E-state index contributed by atoms with van der Waals surface area (Å²) < 4.78 is 41.6. The van der Waals surface area contributed by atoms with Gasteiger partial charge in [0, 0.05) is 37.1 Å². The van der Waals surface area contributed by atoms with Gasteiger partial charge in [-0.3, -0.25) is 14.3 Å². The average Bonchev–Trinajstić information content (AvgIpc) is 3.04. The van der Waals surface area contributed by atoms with E-state index in [-0.39, 0.29) is 12.2 Å². The van der Waals surface area contributed by atoms with Gasteiger partial charge in [-0.15, -0.1) is 0 Å². The van der Waals surface area contributed by atoms with Crippen LogP contribution in [0.2, 0.25) is 0 Å². The molecule has 146 valence electrons. The summed E-state index contributed by atoms with van der Waals surface area (Å²) in [6, 6.07) is 5.65. The van der Waals surface area contributed by atoms with Crippen molar-refractivity contribution in [3.8, 4) is 5.69 Å². The van der Waals surface area contributed by atoms with Crippen LogP contribution in [0.25, 0.3) is 5.69 Å². The van der Waals surface area contributed by atoms with Gasteiger partial charge in [-0.25, -0.2) is 4.68 Å². The van der Waals surface area contributed by atoms with Crippen LogP contribution in [0.15, 0.2) is 47.5 Å². The molecule has 28 heavy (non-hydrogen) atoms. The van der Waals surface area contributed by atoms with Crippen LogP contribution in [0.3, 0.4) is 0 Å². The number of rotatable bonds is 4. The van der Waals surface area contributed by atoms with Gasteiger partial charge in [-0.05, 0) is 25.1 Å². The molecule has 0 aliphatic heterocycles. The first-order chi connectivity index (χ1) is 13.1. The minimum absolute atomic E-state index is 0.0913. The number of carbonyl (C=O) groups is 1. The molecule has 1 amide bonds. The fraction of sp³-hybridized carbons (Fsp3) is 0.222. The average molecular weight is 391 g/mol. The monoisotopic (exact) mass is 391 g/mol. The van der Waals surface area contributed by atoms with E-state index in [1.807, 2.05) is 0 Å². The van der Waals surface area contributed by atoms with Gasteiger partial charge in [-0.1, -0.05) is 6.07 Å². The Kier molecular flexibility index (Phi) is 5.04. The zero-order valence-corrected chi connectivity index (χ0v) is 15.0. The second-order valence-corrected chi connectivity index (χ2v) is 6.16. The van der Waals surface area contributed by atoms with Gasteiger partial charge in [0.2, 0.25) is 5.43 Å². The molecule has 0 aliphatic rings. The van der Waals surface area contributed by atoms with Crippen molar-refractivity contribution in [3.63, 3.8) is 0 Å². The molecule has 3 aromatic rings. The van der Waals surface area contributed by atoms with E-state index in [0.29, 0.717) is 5.69 Å². The van der Waals surface area contributed by atoms with Crippen molar-refractivity contribution in [2.24, 2.45) is 7.05 Å². The van der Waals surface area contributed by atoms with E-state index in [1.54, 1.807) is 24.1 Å². The number of aromatic nitrogens is 4. The maximum absolute atomic E-state index is 13.0. The third-order valence-corrected chi connectivity index (χ3v) is 3.95. The molecule has 1 N–H and O–H groups in total. The van der Waals surface area contributed by atoms with E-state index >= 15 is 0 Å². The van der Waals surface area contributed by atoms with E-state index < -0.39 is 28.8 Å². The number of aryl methyl sites for hydroxylation is 2. The van der Waals surface area contributed by atoms with Crippen molar-refractivity contribution < 1.29 is 18.0 Å². The van der Waals surface area contributed by atoms with Crippen molar-refractivity contribution in [3.05, 3.63) is 75.5 Å². The maximum Gasteiger partial charge on any atom is 0.416 e. The normalized spacial score (nSPS) is 11.5. The number of carbonyl (C=O) groups excluding carboxylic acids is 1. The summed E-state index contributed by atoms with van der Waals surface area (Å²) >= 11 is 0. The zero-order chi connectivity index (χ0) is 20.5. The lowest BCUT2D eigenvalue weighted by Crippen LogP contribution is -2.31. The van der Waals surface area contributed by atoms with Crippen LogP contribution in [0.5, 0.6) is 0 Å². The van der Waals surface area contributed by atoms with Gasteiger partial charge < -0.3 is 5.32 Å². The molecule has 2 aromatic heterocycles. The quantitative estimate of drug-likeness (QED) is 0.740. The van der Waals surface area contributed by atoms with Crippen molar-refractivity contribution in [2.45, 2.75) is 19.6 Å². The highest BCUT2D eigenvalue weighted by Gasteiger charge is 2.30. The van der Waals surface area contributed by atoms with E-state index in [0.717, 1.165) is 28.4 Å². The first-order valence-electron chi connectivity index (χ1n) is 8.19. The predicted molar refractivity (Wildman–Crippen MR) is 94.0 cm³/mol. The maximum atomic E-state index is 13.0. The lowest BCUT2D eigenvalue weighted by atomic mass is 10.2. The number of nitrogens with zero attached hydrogens (tertiary/aromatic N) is 4. The van der Waals surface area contributed by atoms with Crippen molar-refractivity contribution in [1.82, 2.24) is 24.9 Å². The van der Waals surface area contributed by atoms with Gasteiger partial charge in [-0.2, -0.15) is 23.4 Å². The molecule has 7 nitrogen and oxygen atoms in total. The Morgan fingerprint density at radius 1 is 1.25 bits per heavy atom. The van der Waals surface area contributed by atoms with Crippen LogP contribution in [0.4, 0.5) is 13.2 Å². The summed E-state index contributed by atoms with van der Waals surface area (Å²) in [6.07, 6.45) is -1.26. The Morgan fingerprint density at radius 2 is 2.00 bits per heavy atom. The summed E-state index contributed by atoms with van der Waals surface area (Å²) in [5.41, 5.74) is -0.772. The number of hydrogen-bond acceptors (Lipinski definition) is 4. The second-order valence-electron chi connectivity index (χ2n) is 6.16. The molecule has 0 saturated carbocycles. The Bertz CT molecular complexity index is 1090. The van der Waals surface area contributed by atoms with Crippen molar-refractivity contribution >= 4 is 5.91 Å². The highest BCUT2D eigenvalue weighted by atomic mass is 19.4. The summed E-state index contributed by atoms with van der Waals surface area (Å²) in [5.74, 6) is -0.727. The second kappa shape index (κ2) is 7.29. The highest BCUT2D eigenvalue weighted by molar-refractivity contribution is 5.92. The molecule has 0 unspecified atom stereocenters. The van der Waals surface area contributed by atoms with E-state index in [1.165, 1.54) is 19.1 Å². The Morgan fingerprint density at radius 3 is 2.64 bits per heavy atom. The van der Waals surface area contributed by atoms with Crippen LogP contribution in [0.1, 0.15) is 27.3 Å². The summed E-state index contributed by atoms with van der Waals surface area (Å²) in [7, 11) is 1.72. The van der Waals surface area contributed by atoms with Gasteiger partial charge in [0.05, 0.1) is 17.4 Å². The molecule has 0 fully saturated rings. The molecule has 3 rings (SSSR count). The van der Waals surface area contributed by atoms with E-state index in [4.69, 9.17) is 0 Å². The number of alkyl halides is 3. The third kappa shape index (κ3) is 4.11. The van der Waals surface area contributed by atoms with Gasteiger partial charge in [0.1, 0.15) is 0 Å². The molecule has 2 heterocycles. The number of halogens is 3. The first-order valence-corrected chi connectivity index (χ1v) is 8.19. The molecule has 0 bridgehead atoms. The third-order valence-electron chi connectivity index (χ3n) is 3.95. The minimum atomic E-state index is -4.52. The molecule has 1 aromatic carbocycles. The van der Waals surface area contributed by atoms with Crippen molar-refractivity contribution in [1.29, 1.82) is 0 Å². The Labute approximate surface area is 157 Å². The van der Waals surface area contributed by atoms with Gasteiger partial charge in [0.25, 0.3) is 5.91 Å². The summed E-state index contributed by atoms with van der Waals surface area (Å²) in [5, 5.41) is 10.5. The van der Waals surface area contributed by atoms with Crippen LogP contribution in [-0.2, 0) is 19.8 Å². The standard InChI is InChI=1S/C18H16F3N5O2/c1-11-6-15(27)16(17(28)22-8-12-9-23-25(2)10-12)24-26(11)14-5-3-4-13(7-14)18(19,20)21/h3-7,9-10H,8H2,1-2H3,(H,22,28). The molecule has 10 heteroatoms. The predicted octanol–water partition coefficient (Wildman–Crippen LogP) is 2.22. The number of hydrogen-bond donors (Lipinski definition) is 1. The molecular weight excluding hydrogens is 375 g/mol. The van der Waals surface area contributed by atoms with Crippen LogP contribution in [-0.4, -0.2) is 25.5 Å². The molecule has 0 saturated heterocycles. The van der Waals surface area contributed by atoms with Gasteiger partial charge in [0.15, 0.2) is 5.69 Å². The highest BCUT2D eigenvalue weighted by Crippen LogP contribution is 2.30. The molecule has 0 spiro atoms. The number of amides is 1. The summed E-state index contributed by atoms with van der Waals surface area (Å²) in [4.78, 5) is 24.5. The topological polar surface area (TPSA) is 81.8 Å². The largest absolute Gasteiger partial charge is 0.416 e. The smallest absolute Gasteiger partial charge is 0.346 e. The number of nitrogens with one attached hydrogen (secondary N) is 1. The summed E-state index contributed by atoms with van der Waals surface area (Å²) in [6.45, 7) is 1.65. The Balaban J connectivity index is 1.92. The first kappa shape index (κ1) is 19.3. The zero-order valence-electron chi connectivity index (χ0n) is 15.0. The number of benzene rings is 1. The Hall–Kier alpha value is -3.43. The minimum Gasteiger partial charge on any atom is -0.346 e.